The lowest BCUT2D eigenvalue weighted by molar-refractivity contribution is 0.0933. The highest BCUT2D eigenvalue weighted by molar-refractivity contribution is 5.93. The van der Waals surface area contributed by atoms with Crippen LogP contribution in [-0.2, 0) is 6.54 Å². The van der Waals surface area contributed by atoms with E-state index in [-0.39, 0.29) is 23.5 Å². The number of carbonyl (C=O) groups is 1. The first-order chi connectivity index (χ1) is 13.0. The van der Waals surface area contributed by atoms with Gasteiger partial charge in [-0.15, -0.1) is 0 Å². The molecule has 2 aliphatic rings. The molecule has 0 bridgehead atoms. The zero-order valence-corrected chi connectivity index (χ0v) is 15.2. The van der Waals surface area contributed by atoms with Gasteiger partial charge < -0.3 is 20.1 Å². The number of nitrogens with one attached hydrogen (secondary N) is 1. The first kappa shape index (κ1) is 17.8. The summed E-state index contributed by atoms with van der Waals surface area (Å²) in [6.45, 7) is 4.43. The van der Waals surface area contributed by atoms with Crippen LogP contribution < -0.4 is 15.0 Å². The third-order valence-electron chi connectivity index (χ3n) is 5.14. The molecule has 2 N–H and O–H groups in total. The fraction of sp³-hybridized carbons (Fsp3) is 0.474. The second kappa shape index (κ2) is 7.19. The van der Waals surface area contributed by atoms with Crippen molar-refractivity contribution in [3.05, 3.63) is 41.3 Å². The maximum absolute atomic E-state index is 13.9. The van der Waals surface area contributed by atoms with Crippen molar-refractivity contribution in [1.82, 2.24) is 15.1 Å². The summed E-state index contributed by atoms with van der Waals surface area (Å²) in [6, 6.07) is 5.85. The monoisotopic (exact) mass is 374 g/mol. The second-order valence-corrected chi connectivity index (χ2v) is 7.06. The van der Waals surface area contributed by atoms with Crippen molar-refractivity contribution in [3.8, 4) is 5.88 Å². The van der Waals surface area contributed by atoms with E-state index in [1.54, 1.807) is 16.8 Å². The van der Waals surface area contributed by atoms with E-state index in [0.717, 1.165) is 5.69 Å². The summed E-state index contributed by atoms with van der Waals surface area (Å²) in [7, 11) is 0. The molecule has 1 aromatic heterocycles. The molecular weight excluding hydrogens is 351 g/mol. The zero-order chi connectivity index (χ0) is 19.0. The van der Waals surface area contributed by atoms with Gasteiger partial charge in [-0.1, -0.05) is 0 Å². The topological polar surface area (TPSA) is 79.6 Å². The Morgan fingerprint density at radius 2 is 2.11 bits per heavy atom. The minimum atomic E-state index is -0.396. The van der Waals surface area contributed by atoms with Crippen LogP contribution in [0.2, 0.25) is 0 Å². The van der Waals surface area contributed by atoms with Crippen molar-refractivity contribution in [1.29, 1.82) is 0 Å². The molecule has 1 atom stereocenters. The van der Waals surface area contributed by atoms with Gasteiger partial charge in [0.25, 0.3) is 5.91 Å². The van der Waals surface area contributed by atoms with Crippen molar-refractivity contribution in [2.75, 3.05) is 24.6 Å². The highest BCUT2D eigenvalue weighted by atomic mass is 19.1. The van der Waals surface area contributed by atoms with Gasteiger partial charge in [0.2, 0.25) is 5.88 Å². The summed E-state index contributed by atoms with van der Waals surface area (Å²) in [5.41, 5.74) is 1.88. The van der Waals surface area contributed by atoms with E-state index in [1.165, 1.54) is 12.1 Å². The van der Waals surface area contributed by atoms with Gasteiger partial charge in [0.05, 0.1) is 18.7 Å². The summed E-state index contributed by atoms with van der Waals surface area (Å²) in [4.78, 5) is 14.7. The highest BCUT2D eigenvalue weighted by Crippen LogP contribution is 2.30. The van der Waals surface area contributed by atoms with E-state index in [4.69, 9.17) is 4.74 Å². The Balaban J connectivity index is 1.52. The lowest BCUT2D eigenvalue weighted by Gasteiger charge is -2.34. The number of aliphatic hydroxyl groups excluding tert-OH is 1. The fourth-order valence-electron chi connectivity index (χ4n) is 3.64. The number of halogens is 1. The Bertz CT molecular complexity index is 824. The molecular formula is C19H23FN4O3. The molecule has 3 heterocycles. The molecule has 2 aliphatic heterocycles. The van der Waals surface area contributed by atoms with E-state index in [0.29, 0.717) is 50.5 Å². The van der Waals surface area contributed by atoms with Crippen LogP contribution in [0.3, 0.4) is 0 Å². The molecule has 4 rings (SSSR count). The van der Waals surface area contributed by atoms with Gasteiger partial charge in [0.1, 0.15) is 12.4 Å². The zero-order valence-electron chi connectivity index (χ0n) is 15.2. The van der Waals surface area contributed by atoms with Crippen molar-refractivity contribution in [2.45, 2.75) is 38.5 Å². The first-order valence-corrected chi connectivity index (χ1v) is 9.25. The predicted octanol–water partition coefficient (Wildman–Crippen LogP) is 1.87. The Morgan fingerprint density at radius 1 is 1.33 bits per heavy atom. The maximum Gasteiger partial charge on any atom is 0.272 e. The number of aliphatic hydroxyl groups is 1. The van der Waals surface area contributed by atoms with Crippen LogP contribution in [0.1, 0.15) is 41.9 Å². The number of hydrogen-bond donors (Lipinski definition) is 2. The van der Waals surface area contributed by atoms with Gasteiger partial charge in [-0.2, -0.15) is 5.10 Å². The van der Waals surface area contributed by atoms with Gasteiger partial charge >= 0.3 is 0 Å². The van der Waals surface area contributed by atoms with Crippen LogP contribution in [0, 0.1) is 5.82 Å². The van der Waals surface area contributed by atoms with Crippen molar-refractivity contribution in [3.63, 3.8) is 0 Å². The van der Waals surface area contributed by atoms with E-state index in [2.05, 4.69) is 15.3 Å². The van der Waals surface area contributed by atoms with Crippen LogP contribution in [-0.4, -0.2) is 46.6 Å². The summed E-state index contributed by atoms with van der Waals surface area (Å²) in [5.74, 6) is -0.0790. The number of rotatable bonds is 4. The molecule has 2 aromatic rings. The largest absolute Gasteiger partial charge is 0.476 e. The van der Waals surface area contributed by atoms with Crippen LogP contribution in [0.5, 0.6) is 5.88 Å². The SMILES string of the molecule is CC(NC(=O)c1cc2n(n1)CCO2)c1cc(F)ccc1N1CCC(O)CC1. The van der Waals surface area contributed by atoms with E-state index >= 15 is 0 Å². The summed E-state index contributed by atoms with van der Waals surface area (Å²) in [6.07, 6.45) is 1.07. The smallest absolute Gasteiger partial charge is 0.272 e. The number of nitrogens with zero attached hydrogens (tertiary/aromatic N) is 3. The van der Waals surface area contributed by atoms with Crippen molar-refractivity contribution < 1.29 is 19.0 Å². The molecule has 1 saturated heterocycles. The van der Waals surface area contributed by atoms with Gasteiger partial charge in [-0.05, 0) is 38.0 Å². The van der Waals surface area contributed by atoms with Crippen molar-refractivity contribution in [2.24, 2.45) is 0 Å². The van der Waals surface area contributed by atoms with E-state index in [9.17, 15) is 14.3 Å². The third-order valence-corrected chi connectivity index (χ3v) is 5.14. The Morgan fingerprint density at radius 3 is 2.85 bits per heavy atom. The number of amides is 1. The average Bonchev–Trinajstić information content (AvgIpc) is 3.24. The first-order valence-electron chi connectivity index (χ1n) is 9.25. The molecule has 1 unspecified atom stereocenters. The lowest BCUT2D eigenvalue weighted by atomic mass is 10.0. The number of aromatic nitrogens is 2. The number of benzene rings is 1. The minimum absolute atomic E-state index is 0.285. The predicted molar refractivity (Wildman–Crippen MR) is 97.5 cm³/mol. The van der Waals surface area contributed by atoms with Gasteiger partial charge in [0.15, 0.2) is 5.69 Å². The highest BCUT2D eigenvalue weighted by Gasteiger charge is 2.24. The van der Waals surface area contributed by atoms with Gasteiger partial charge in [-0.3, -0.25) is 4.79 Å². The Hall–Kier alpha value is -2.61. The third kappa shape index (κ3) is 3.62. The maximum atomic E-state index is 13.9. The minimum Gasteiger partial charge on any atom is -0.476 e. The summed E-state index contributed by atoms with van der Waals surface area (Å²) < 4.78 is 20.9. The summed E-state index contributed by atoms with van der Waals surface area (Å²) >= 11 is 0. The molecule has 1 amide bonds. The Labute approximate surface area is 156 Å². The molecule has 1 fully saturated rings. The van der Waals surface area contributed by atoms with Crippen LogP contribution in [0.15, 0.2) is 24.3 Å². The molecule has 144 valence electrons. The average molecular weight is 374 g/mol. The fourth-order valence-corrected chi connectivity index (χ4v) is 3.64. The van der Waals surface area contributed by atoms with Crippen LogP contribution in [0.25, 0.3) is 0 Å². The van der Waals surface area contributed by atoms with E-state index < -0.39 is 6.04 Å². The van der Waals surface area contributed by atoms with Gasteiger partial charge in [0, 0.05) is 30.4 Å². The molecule has 1 aromatic carbocycles. The molecule has 27 heavy (non-hydrogen) atoms. The standard InChI is InChI=1S/C19H23FN4O3/c1-12(21-19(26)16-11-18-24(22-16)8-9-27-18)15-10-13(20)2-3-17(15)23-6-4-14(25)5-7-23/h2-3,10-12,14,25H,4-9H2,1H3,(H,21,26). The number of fused-ring (bicyclic) bond motifs is 1. The molecule has 0 radical (unpaired) electrons. The quantitative estimate of drug-likeness (QED) is 0.854. The van der Waals surface area contributed by atoms with Crippen molar-refractivity contribution >= 4 is 11.6 Å². The molecule has 7 nitrogen and oxygen atoms in total. The number of carbonyl (C=O) groups excluding carboxylic acids is 1. The molecule has 0 aliphatic carbocycles. The van der Waals surface area contributed by atoms with Crippen LogP contribution in [0.4, 0.5) is 10.1 Å². The lowest BCUT2D eigenvalue weighted by Crippen LogP contribution is -2.37. The molecule has 0 saturated carbocycles. The van der Waals surface area contributed by atoms with Gasteiger partial charge in [-0.25, -0.2) is 9.07 Å². The number of ether oxygens (including phenoxy) is 1. The normalized spacial score (nSPS) is 18.1. The molecule has 8 heteroatoms. The number of anilines is 1. The Kier molecular flexibility index (Phi) is 4.73. The van der Waals surface area contributed by atoms with E-state index in [1.807, 2.05) is 6.92 Å². The number of hydrogen-bond acceptors (Lipinski definition) is 5. The number of piperidine rings is 1. The summed E-state index contributed by atoms with van der Waals surface area (Å²) in [5, 5.41) is 16.9. The molecule has 0 spiro atoms. The van der Waals surface area contributed by atoms with Crippen LogP contribution >= 0.6 is 0 Å². The second-order valence-electron chi connectivity index (χ2n) is 7.06.